The summed E-state index contributed by atoms with van der Waals surface area (Å²) in [6.45, 7) is 1.57. The zero-order valence-electron chi connectivity index (χ0n) is 12.0. The molecule has 0 saturated carbocycles. The minimum Gasteiger partial charge on any atom is -0.421 e. The van der Waals surface area contributed by atoms with Crippen LogP contribution >= 0.6 is 11.6 Å². The molecule has 0 aliphatic carbocycles. The maximum atomic E-state index is 5.86. The SMILES string of the molecule is Clc1ccc(CNCCc2nnc(-c3ccccc3)o2)cc1. The van der Waals surface area contributed by atoms with Gasteiger partial charge in [0, 0.05) is 30.1 Å². The smallest absolute Gasteiger partial charge is 0.247 e. The van der Waals surface area contributed by atoms with Crippen molar-refractivity contribution in [1.29, 1.82) is 0 Å². The molecule has 0 aliphatic rings. The molecule has 3 rings (SSSR count). The first-order valence-electron chi connectivity index (χ1n) is 7.14. The third-order valence-electron chi connectivity index (χ3n) is 3.25. The molecule has 0 aliphatic heterocycles. The average molecular weight is 314 g/mol. The van der Waals surface area contributed by atoms with Crippen LogP contribution in [0.3, 0.4) is 0 Å². The summed E-state index contributed by atoms with van der Waals surface area (Å²) in [7, 11) is 0. The van der Waals surface area contributed by atoms with Crippen molar-refractivity contribution in [3.63, 3.8) is 0 Å². The first kappa shape index (κ1) is 14.8. The minimum absolute atomic E-state index is 0.563. The van der Waals surface area contributed by atoms with Crippen LogP contribution in [0.1, 0.15) is 11.5 Å². The Bertz CT molecular complexity index is 710. The largest absolute Gasteiger partial charge is 0.421 e. The molecule has 2 aromatic carbocycles. The normalized spacial score (nSPS) is 10.8. The van der Waals surface area contributed by atoms with E-state index in [4.69, 9.17) is 16.0 Å². The van der Waals surface area contributed by atoms with Gasteiger partial charge in [0.15, 0.2) is 0 Å². The van der Waals surface area contributed by atoms with E-state index in [0.29, 0.717) is 18.2 Å². The van der Waals surface area contributed by atoms with Crippen molar-refractivity contribution in [1.82, 2.24) is 15.5 Å². The van der Waals surface area contributed by atoms with Crippen molar-refractivity contribution < 1.29 is 4.42 Å². The molecule has 0 spiro atoms. The lowest BCUT2D eigenvalue weighted by atomic mass is 10.2. The number of nitrogens with zero attached hydrogens (tertiary/aromatic N) is 2. The van der Waals surface area contributed by atoms with Crippen LogP contribution in [0.25, 0.3) is 11.5 Å². The van der Waals surface area contributed by atoms with Gasteiger partial charge in [0.05, 0.1) is 0 Å². The average Bonchev–Trinajstić information content (AvgIpc) is 3.03. The van der Waals surface area contributed by atoms with Gasteiger partial charge < -0.3 is 9.73 Å². The molecule has 0 radical (unpaired) electrons. The molecule has 1 aromatic heterocycles. The molecule has 1 N–H and O–H groups in total. The second-order valence-electron chi connectivity index (χ2n) is 4.92. The summed E-state index contributed by atoms with van der Waals surface area (Å²) >= 11 is 5.86. The van der Waals surface area contributed by atoms with Gasteiger partial charge in [-0.15, -0.1) is 10.2 Å². The number of hydrogen-bond donors (Lipinski definition) is 1. The zero-order chi connectivity index (χ0) is 15.2. The van der Waals surface area contributed by atoms with Crippen molar-refractivity contribution in [2.75, 3.05) is 6.54 Å². The first-order valence-corrected chi connectivity index (χ1v) is 7.52. The molecule has 1 heterocycles. The number of aromatic nitrogens is 2. The molecule has 22 heavy (non-hydrogen) atoms. The van der Waals surface area contributed by atoms with Crippen molar-refractivity contribution in [3.05, 3.63) is 71.1 Å². The maximum Gasteiger partial charge on any atom is 0.247 e. The van der Waals surface area contributed by atoms with Gasteiger partial charge in [-0.05, 0) is 29.8 Å². The van der Waals surface area contributed by atoms with Crippen molar-refractivity contribution >= 4 is 11.6 Å². The number of halogens is 1. The van der Waals surface area contributed by atoms with E-state index in [1.54, 1.807) is 0 Å². The predicted molar refractivity (Wildman–Crippen MR) is 86.6 cm³/mol. The zero-order valence-corrected chi connectivity index (χ0v) is 12.8. The van der Waals surface area contributed by atoms with Crippen LogP contribution in [-0.2, 0) is 13.0 Å². The van der Waals surface area contributed by atoms with Crippen LogP contribution in [-0.4, -0.2) is 16.7 Å². The Labute approximate surface area is 134 Å². The number of benzene rings is 2. The first-order chi connectivity index (χ1) is 10.8. The predicted octanol–water partition coefficient (Wildman–Crippen LogP) is 3.72. The third-order valence-corrected chi connectivity index (χ3v) is 3.50. The van der Waals surface area contributed by atoms with Gasteiger partial charge in [0.2, 0.25) is 11.8 Å². The van der Waals surface area contributed by atoms with Crippen LogP contribution in [0, 0.1) is 0 Å². The van der Waals surface area contributed by atoms with Crippen LogP contribution in [0.5, 0.6) is 0 Å². The van der Waals surface area contributed by atoms with Crippen molar-refractivity contribution in [2.45, 2.75) is 13.0 Å². The van der Waals surface area contributed by atoms with E-state index in [1.807, 2.05) is 54.6 Å². The second-order valence-corrected chi connectivity index (χ2v) is 5.36. The van der Waals surface area contributed by atoms with Crippen molar-refractivity contribution in [2.24, 2.45) is 0 Å². The lowest BCUT2D eigenvalue weighted by Crippen LogP contribution is -2.16. The summed E-state index contributed by atoms with van der Waals surface area (Å²) < 4.78 is 5.66. The molecule has 0 unspecified atom stereocenters. The third kappa shape index (κ3) is 3.93. The Kier molecular flexibility index (Phi) is 4.83. The Morgan fingerprint density at radius 1 is 0.955 bits per heavy atom. The van der Waals surface area contributed by atoms with Gasteiger partial charge in [-0.25, -0.2) is 0 Å². The molecule has 0 bridgehead atoms. The van der Waals surface area contributed by atoms with Gasteiger partial charge >= 0.3 is 0 Å². The lowest BCUT2D eigenvalue weighted by molar-refractivity contribution is 0.494. The van der Waals surface area contributed by atoms with Gasteiger partial charge in [-0.2, -0.15) is 0 Å². The standard InChI is InChI=1S/C17H16ClN3O/c18-15-8-6-13(7-9-15)12-19-11-10-16-20-21-17(22-16)14-4-2-1-3-5-14/h1-9,19H,10-12H2. The summed E-state index contributed by atoms with van der Waals surface area (Å²) in [5.41, 5.74) is 2.13. The topological polar surface area (TPSA) is 51.0 Å². The van der Waals surface area contributed by atoms with E-state index in [9.17, 15) is 0 Å². The molecule has 4 nitrogen and oxygen atoms in total. The van der Waals surface area contributed by atoms with E-state index in [1.165, 1.54) is 5.56 Å². The highest BCUT2D eigenvalue weighted by Crippen LogP contribution is 2.16. The molecule has 0 saturated heterocycles. The number of rotatable bonds is 6. The molecular formula is C17H16ClN3O. The molecule has 112 valence electrons. The highest BCUT2D eigenvalue weighted by atomic mass is 35.5. The Hall–Kier alpha value is -2.17. The van der Waals surface area contributed by atoms with Crippen LogP contribution in [0.15, 0.2) is 59.0 Å². The van der Waals surface area contributed by atoms with E-state index >= 15 is 0 Å². The Morgan fingerprint density at radius 2 is 1.73 bits per heavy atom. The van der Waals surface area contributed by atoms with Crippen molar-refractivity contribution in [3.8, 4) is 11.5 Å². The molecule has 0 atom stereocenters. The molecule has 0 fully saturated rings. The lowest BCUT2D eigenvalue weighted by Gasteiger charge is -2.03. The van der Waals surface area contributed by atoms with E-state index in [2.05, 4.69) is 15.5 Å². The number of nitrogens with one attached hydrogen (secondary N) is 1. The monoisotopic (exact) mass is 313 g/mol. The van der Waals surface area contributed by atoms with Crippen LogP contribution < -0.4 is 5.32 Å². The summed E-state index contributed by atoms with van der Waals surface area (Å²) in [4.78, 5) is 0. The summed E-state index contributed by atoms with van der Waals surface area (Å²) in [5.74, 6) is 1.20. The quantitative estimate of drug-likeness (QED) is 0.705. The Morgan fingerprint density at radius 3 is 2.50 bits per heavy atom. The van der Waals surface area contributed by atoms with Crippen LogP contribution in [0.2, 0.25) is 5.02 Å². The van der Waals surface area contributed by atoms with E-state index in [0.717, 1.165) is 23.7 Å². The fraction of sp³-hybridized carbons (Fsp3) is 0.176. The molecule has 3 aromatic rings. The number of hydrogen-bond acceptors (Lipinski definition) is 4. The van der Waals surface area contributed by atoms with Gasteiger partial charge in [0.1, 0.15) is 0 Å². The molecular weight excluding hydrogens is 298 g/mol. The molecule has 5 heteroatoms. The van der Waals surface area contributed by atoms with Gasteiger partial charge in [-0.3, -0.25) is 0 Å². The summed E-state index contributed by atoms with van der Waals surface area (Å²) in [6.07, 6.45) is 0.702. The second kappa shape index (κ2) is 7.20. The van der Waals surface area contributed by atoms with E-state index < -0.39 is 0 Å². The fourth-order valence-corrected chi connectivity index (χ4v) is 2.21. The minimum atomic E-state index is 0.563. The van der Waals surface area contributed by atoms with Gasteiger partial charge in [0.25, 0.3) is 0 Å². The van der Waals surface area contributed by atoms with Gasteiger partial charge in [-0.1, -0.05) is 41.9 Å². The van der Waals surface area contributed by atoms with E-state index in [-0.39, 0.29) is 0 Å². The summed E-state index contributed by atoms with van der Waals surface area (Å²) in [5, 5.41) is 12.2. The maximum absolute atomic E-state index is 5.86. The fourth-order valence-electron chi connectivity index (χ4n) is 2.08. The highest BCUT2D eigenvalue weighted by molar-refractivity contribution is 6.30. The summed E-state index contributed by atoms with van der Waals surface area (Å²) in [6, 6.07) is 17.6. The Balaban J connectivity index is 1.48. The molecule has 0 amide bonds. The highest BCUT2D eigenvalue weighted by Gasteiger charge is 2.07. The van der Waals surface area contributed by atoms with Crippen LogP contribution in [0.4, 0.5) is 0 Å².